The summed E-state index contributed by atoms with van der Waals surface area (Å²) in [6, 6.07) is 18.4. The van der Waals surface area contributed by atoms with Gasteiger partial charge in [-0.2, -0.15) is 5.10 Å². The maximum Gasteiger partial charge on any atom is 0.407 e. The predicted molar refractivity (Wildman–Crippen MR) is 187 cm³/mol. The molecule has 1 fully saturated rings. The molecule has 254 valence electrons. The molecule has 4 heterocycles. The highest BCUT2D eigenvalue weighted by molar-refractivity contribution is 6.39. The number of halogens is 2. The first-order chi connectivity index (χ1) is 23.6. The fourth-order valence-electron chi connectivity index (χ4n) is 5.97. The monoisotopic (exact) mass is 703 g/mol. The lowest BCUT2D eigenvalue weighted by Gasteiger charge is -2.23. The Hall–Kier alpha value is -4.75. The van der Waals surface area contributed by atoms with E-state index in [2.05, 4.69) is 10.3 Å². The van der Waals surface area contributed by atoms with Crippen molar-refractivity contribution in [1.29, 1.82) is 0 Å². The topological polar surface area (TPSA) is 145 Å². The number of likely N-dealkylation sites (N-methyl/N-ethyl adjacent to an activating group) is 1. The number of methoxy groups -OCH3 is 1. The third-order valence-electron chi connectivity index (χ3n) is 8.41. The average Bonchev–Trinajstić information content (AvgIpc) is 3.69. The number of nitrogens with one attached hydrogen (secondary N) is 1. The fraction of sp³-hybridized carbons (Fsp3) is 0.286. The van der Waals surface area contributed by atoms with Crippen molar-refractivity contribution in [2.75, 3.05) is 33.9 Å². The van der Waals surface area contributed by atoms with Gasteiger partial charge in [0.15, 0.2) is 5.65 Å². The number of rotatable bonds is 12. The first-order valence-corrected chi connectivity index (χ1v) is 16.4. The zero-order valence-electron chi connectivity index (χ0n) is 26.9. The Morgan fingerprint density at radius 3 is 2.29 bits per heavy atom. The van der Waals surface area contributed by atoms with Crippen LogP contribution in [-0.2, 0) is 17.9 Å². The summed E-state index contributed by atoms with van der Waals surface area (Å²) in [5.74, 6) is 0.192. The third-order valence-corrected chi connectivity index (χ3v) is 9.23. The zero-order chi connectivity index (χ0) is 34.7. The van der Waals surface area contributed by atoms with Crippen LogP contribution in [0.2, 0.25) is 10.0 Å². The number of hydrogen-bond acceptors (Lipinski definition) is 8. The van der Waals surface area contributed by atoms with Crippen molar-refractivity contribution in [1.82, 2.24) is 34.7 Å². The number of carbonyl (C=O) groups excluding carboxylic acids is 1. The Morgan fingerprint density at radius 2 is 1.65 bits per heavy atom. The van der Waals surface area contributed by atoms with Gasteiger partial charge >= 0.3 is 6.09 Å². The minimum atomic E-state index is -1.10. The fourth-order valence-corrected chi connectivity index (χ4v) is 6.61. The van der Waals surface area contributed by atoms with Crippen LogP contribution in [0, 0.1) is 0 Å². The van der Waals surface area contributed by atoms with E-state index in [0.29, 0.717) is 75.3 Å². The molecular formula is C35H35Cl2N7O5. The Labute approximate surface area is 292 Å². The molecule has 0 unspecified atom stereocenters. The molecule has 3 N–H and O–H groups in total. The Balaban J connectivity index is 1.28. The van der Waals surface area contributed by atoms with E-state index in [9.17, 15) is 19.8 Å². The van der Waals surface area contributed by atoms with Crippen LogP contribution in [0.15, 0.2) is 66.9 Å². The van der Waals surface area contributed by atoms with Gasteiger partial charge in [0.05, 0.1) is 53.6 Å². The molecule has 14 heteroatoms. The molecule has 0 radical (unpaired) electrons. The number of aliphatic hydroxyl groups is 1. The lowest BCUT2D eigenvalue weighted by atomic mass is 9.98. The van der Waals surface area contributed by atoms with Gasteiger partial charge in [0.1, 0.15) is 0 Å². The number of pyridine rings is 1. The second-order valence-electron chi connectivity index (χ2n) is 11.9. The number of amides is 2. The van der Waals surface area contributed by atoms with Crippen LogP contribution in [0.25, 0.3) is 39.3 Å². The summed E-state index contributed by atoms with van der Waals surface area (Å²) in [5.41, 5.74) is 6.09. The van der Waals surface area contributed by atoms with Crippen LogP contribution in [0.5, 0.6) is 5.88 Å². The first-order valence-electron chi connectivity index (χ1n) is 15.7. The predicted octanol–water partition coefficient (Wildman–Crippen LogP) is 5.62. The van der Waals surface area contributed by atoms with E-state index in [1.54, 1.807) is 16.6 Å². The molecule has 0 bridgehead atoms. The van der Waals surface area contributed by atoms with Gasteiger partial charge in [-0.3, -0.25) is 9.69 Å². The molecule has 6 rings (SSSR count). The molecule has 12 nitrogen and oxygen atoms in total. The van der Waals surface area contributed by atoms with Crippen LogP contribution < -0.4 is 10.1 Å². The summed E-state index contributed by atoms with van der Waals surface area (Å²) >= 11 is 14.1. The zero-order valence-corrected chi connectivity index (χ0v) is 28.4. The standard InChI is InChI=1S/C35H35Cl2N7O5/c1-42(15-16-45)18-23-20-44-30(38-23)13-12-29(41-44)27-8-4-6-25(33(27)37)24-5-3-7-26(32(24)36)28-11-9-21(34(40-28)49-2)17-43(35(47)48)19-22-10-14-31(46)39-22/h3-9,11-13,20,22,45H,10,14-19H2,1-2H3,(H,39,46)(H,47,48)/t22-/m0/s1. The molecule has 5 aromatic rings. The van der Waals surface area contributed by atoms with Crippen molar-refractivity contribution in [3.63, 3.8) is 0 Å². The van der Waals surface area contributed by atoms with Crippen molar-refractivity contribution in [2.24, 2.45) is 0 Å². The summed E-state index contributed by atoms with van der Waals surface area (Å²) in [7, 11) is 3.40. The Bertz CT molecular complexity index is 2020. The lowest BCUT2D eigenvalue weighted by molar-refractivity contribution is -0.119. The molecule has 0 aliphatic carbocycles. The van der Waals surface area contributed by atoms with Crippen LogP contribution in [0.4, 0.5) is 4.79 Å². The van der Waals surface area contributed by atoms with Crippen molar-refractivity contribution < 1.29 is 24.5 Å². The SMILES string of the molecule is COc1nc(-c2cccc(-c3cccc(-c4ccc5nc(CN(C)CCO)cn5n4)c3Cl)c2Cl)ccc1CN(C[C@@H]1CCC(=O)N1)C(=O)O. The Morgan fingerprint density at radius 1 is 0.980 bits per heavy atom. The lowest BCUT2D eigenvalue weighted by Crippen LogP contribution is -2.41. The molecule has 3 aromatic heterocycles. The average molecular weight is 705 g/mol. The number of aromatic nitrogens is 4. The number of imidazole rings is 1. The van der Waals surface area contributed by atoms with Crippen LogP contribution in [0.1, 0.15) is 24.1 Å². The summed E-state index contributed by atoms with van der Waals surface area (Å²) in [6.45, 7) is 1.39. The first kappa shape index (κ1) is 34.1. The van der Waals surface area contributed by atoms with E-state index in [1.165, 1.54) is 12.0 Å². The number of aliphatic hydroxyl groups excluding tert-OH is 1. The molecule has 1 atom stereocenters. The highest BCUT2D eigenvalue weighted by Gasteiger charge is 2.26. The number of nitrogens with zero attached hydrogens (tertiary/aromatic N) is 6. The number of hydrogen-bond donors (Lipinski definition) is 3. The van der Waals surface area contributed by atoms with Gasteiger partial charge in [-0.05, 0) is 37.7 Å². The minimum absolute atomic E-state index is 0.0370. The molecule has 1 aliphatic rings. The summed E-state index contributed by atoms with van der Waals surface area (Å²) in [6.07, 6.45) is 1.73. The van der Waals surface area contributed by atoms with Crippen LogP contribution >= 0.6 is 23.2 Å². The van der Waals surface area contributed by atoms with Crippen molar-refractivity contribution in [3.8, 4) is 39.5 Å². The molecule has 0 saturated carbocycles. The number of benzene rings is 2. The van der Waals surface area contributed by atoms with E-state index in [1.807, 2.05) is 66.7 Å². The van der Waals surface area contributed by atoms with E-state index >= 15 is 0 Å². The van der Waals surface area contributed by atoms with Gasteiger partial charge in [-0.25, -0.2) is 19.3 Å². The molecule has 2 amide bonds. The number of ether oxygens (including phenoxy) is 1. The van der Waals surface area contributed by atoms with Crippen LogP contribution in [0.3, 0.4) is 0 Å². The minimum Gasteiger partial charge on any atom is -0.481 e. The maximum absolute atomic E-state index is 12.0. The van der Waals surface area contributed by atoms with Gasteiger partial charge in [0.2, 0.25) is 11.8 Å². The highest BCUT2D eigenvalue weighted by atomic mass is 35.5. The van der Waals surface area contributed by atoms with Crippen molar-refractivity contribution >= 4 is 40.8 Å². The summed E-state index contributed by atoms with van der Waals surface area (Å²) in [5, 5.41) is 27.6. The number of fused-ring (bicyclic) bond motifs is 1. The second kappa shape index (κ2) is 14.8. The third kappa shape index (κ3) is 7.47. The van der Waals surface area contributed by atoms with E-state index < -0.39 is 6.09 Å². The Kier molecular flexibility index (Phi) is 10.3. The highest BCUT2D eigenvalue weighted by Crippen LogP contribution is 2.42. The molecule has 1 saturated heterocycles. The summed E-state index contributed by atoms with van der Waals surface area (Å²) < 4.78 is 7.31. The number of carbonyl (C=O) groups is 2. The normalized spacial score (nSPS) is 14.4. The largest absolute Gasteiger partial charge is 0.481 e. The van der Waals surface area contributed by atoms with Gasteiger partial charge in [-0.1, -0.05) is 59.6 Å². The van der Waals surface area contributed by atoms with E-state index in [-0.39, 0.29) is 37.5 Å². The molecule has 0 spiro atoms. The molecule has 1 aliphatic heterocycles. The quantitative estimate of drug-likeness (QED) is 0.151. The smallest absolute Gasteiger partial charge is 0.407 e. The van der Waals surface area contributed by atoms with Crippen molar-refractivity contribution in [3.05, 3.63) is 88.2 Å². The van der Waals surface area contributed by atoms with Crippen molar-refractivity contribution in [2.45, 2.75) is 32.0 Å². The summed E-state index contributed by atoms with van der Waals surface area (Å²) in [4.78, 5) is 36.2. The molecular weight excluding hydrogens is 669 g/mol. The van der Waals surface area contributed by atoms with Gasteiger partial charge in [-0.15, -0.1) is 0 Å². The van der Waals surface area contributed by atoms with Gasteiger partial charge in [0.25, 0.3) is 0 Å². The van der Waals surface area contributed by atoms with Gasteiger partial charge in [0, 0.05) is 59.9 Å². The second-order valence-corrected chi connectivity index (χ2v) is 12.6. The van der Waals surface area contributed by atoms with Gasteiger partial charge < -0.3 is 25.2 Å². The molecule has 2 aromatic carbocycles. The van der Waals surface area contributed by atoms with E-state index in [4.69, 9.17) is 38.0 Å². The van der Waals surface area contributed by atoms with E-state index in [0.717, 1.165) is 11.3 Å². The van der Waals surface area contributed by atoms with Crippen LogP contribution in [-0.4, -0.2) is 91.5 Å². The molecule has 49 heavy (non-hydrogen) atoms. The number of carboxylic acid groups (broad SMARTS) is 1. The maximum atomic E-state index is 12.0.